The van der Waals surface area contributed by atoms with Crippen LogP contribution in [0, 0.1) is 12.3 Å². The van der Waals surface area contributed by atoms with Gasteiger partial charge in [-0.25, -0.2) is 4.57 Å². The highest BCUT2D eigenvalue weighted by Crippen LogP contribution is 2.48. The fourth-order valence-corrected chi connectivity index (χ4v) is 0.828. The van der Waals surface area contributed by atoms with Crippen molar-refractivity contribution >= 4 is 7.82 Å². The van der Waals surface area contributed by atoms with Crippen molar-refractivity contribution in [3.63, 3.8) is 0 Å². The van der Waals surface area contributed by atoms with Gasteiger partial charge in [-0.05, 0) is 0 Å². The van der Waals surface area contributed by atoms with Crippen molar-refractivity contribution in [3.8, 4) is 12.3 Å². The molecule has 0 aliphatic carbocycles. The van der Waals surface area contributed by atoms with Gasteiger partial charge in [0.25, 0.3) is 0 Å². The molecule has 8 heteroatoms. The lowest BCUT2D eigenvalue weighted by atomic mass is 10.8. The van der Waals surface area contributed by atoms with E-state index in [1.165, 1.54) is 0 Å². The first-order valence-electron chi connectivity index (χ1n) is 2.45. The quantitative estimate of drug-likeness (QED) is 0.555. The van der Waals surface area contributed by atoms with E-state index >= 15 is 0 Å². The second kappa shape index (κ2) is 3.92. The molecular formula is C4H4F3O4P. The van der Waals surface area contributed by atoms with E-state index in [0.29, 0.717) is 0 Å². The minimum absolute atomic E-state index is 0.732. The molecule has 0 saturated carbocycles. The van der Waals surface area contributed by atoms with Gasteiger partial charge in [0, 0.05) is 0 Å². The summed E-state index contributed by atoms with van der Waals surface area (Å²) in [4.78, 5) is 8.28. The molecule has 0 aromatic rings. The Morgan fingerprint density at radius 1 is 1.58 bits per heavy atom. The summed E-state index contributed by atoms with van der Waals surface area (Å²) in [6.45, 7) is -0.732. The predicted molar refractivity (Wildman–Crippen MR) is 31.8 cm³/mol. The summed E-state index contributed by atoms with van der Waals surface area (Å²) in [5.74, 6) is 1.71. The Balaban J connectivity index is 4.07. The molecule has 0 aliphatic rings. The number of hydrogen-bond acceptors (Lipinski definition) is 3. The zero-order valence-corrected chi connectivity index (χ0v) is 6.43. The van der Waals surface area contributed by atoms with Crippen LogP contribution < -0.4 is 0 Å². The average molecular weight is 204 g/mol. The largest absolute Gasteiger partial charge is 0.531 e. The Labute approximate surface area is 65.9 Å². The second-order valence-electron chi connectivity index (χ2n) is 1.48. The molecule has 12 heavy (non-hydrogen) atoms. The molecule has 4 nitrogen and oxygen atoms in total. The molecular weight excluding hydrogens is 200 g/mol. The molecule has 0 amide bonds. The maximum absolute atomic E-state index is 11.3. The van der Waals surface area contributed by atoms with E-state index in [1.807, 2.05) is 0 Å². The standard InChI is InChI=1S/C4H4F3O4P/c1-2-3-10-12(8,9)11-4(5,6)7/h1H,3H2,(H,8,9). The van der Waals surface area contributed by atoms with Gasteiger partial charge in [-0.2, -0.15) is 4.52 Å². The SMILES string of the molecule is C#CCOP(=O)(O)OC(F)(F)F. The molecule has 0 fully saturated rings. The molecule has 0 aliphatic heterocycles. The Morgan fingerprint density at radius 2 is 2.08 bits per heavy atom. The van der Waals surface area contributed by atoms with Gasteiger partial charge in [-0.1, -0.05) is 5.92 Å². The normalized spacial score (nSPS) is 16.6. The molecule has 0 aromatic heterocycles. The number of alkyl halides is 3. The molecule has 0 aromatic carbocycles. The van der Waals surface area contributed by atoms with E-state index in [0.717, 1.165) is 0 Å². The van der Waals surface area contributed by atoms with Crippen molar-refractivity contribution in [2.24, 2.45) is 0 Å². The monoisotopic (exact) mass is 204 g/mol. The summed E-state index contributed by atoms with van der Waals surface area (Å²) >= 11 is 0. The molecule has 1 atom stereocenters. The van der Waals surface area contributed by atoms with Crippen LogP contribution in [-0.4, -0.2) is 17.9 Å². The molecule has 70 valence electrons. The third-order valence-corrected chi connectivity index (χ3v) is 1.42. The van der Waals surface area contributed by atoms with Crippen LogP contribution in [-0.2, 0) is 13.6 Å². The first kappa shape index (κ1) is 11.5. The molecule has 0 rings (SSSR count). The maximum atomic E-state index is 11.3. The van der Waals surface area contributed by atoms with Crippen LogP contribution in [0.1, 0.15) is 0 Å². The third-order valence-electron chi connectivity index (χ3n) is 0.530. The number of phosphoric acid groups is 1. The van der Waals surface area contributed by atoms with Gasteiger partial charge >= 0.3 is 14.2 Å². The lowest BCUT2D eigenvalue weighted by Gasteiger charge is -2.11. The van der Waals surface area contributed by atoms with E-state index < -0.39 is 20.8 Å². The Bertz CT molecular complexity index is 229. The van der Waals surface area contributed by atoms with Crippen molar-refractivity contribution < 1.29 is 31.7 Å². The molecule has 0 radical (unpaired) electrons. The van der Waals surface area contributed by atoms with Crippen LogP contribution in [0.2, 0.25) is 0 Å². The third kappa shape index (κ3) is 6.19. The van der Waals surface area contributed by atoms with E-state index in [9.17, 15) is 17.7 Å². The highest BCUT2D eigenvalue weighted by molar-refractivity contribution is 7.47. The summed E-state index contributed by atoms with van der Waals surface area (Å²) < 4.78 is 50.6. The van der Waals surface area contributed by atoms with E-state index in [4.69, 9.17) is 4.89 Å². The molecule has 1 N–H and O–H groups in total. The van der Waals surface area contributed by atoms with Gasteiger partial charge in [0.05, 0.1) is 0 Å². The average Bonchev–Trinajstić information content (AvgIpc) is 1.78. The number of halogens is 3. The van der Waals surface area contributed by atoms with Crippen LogP contribution in [0.15, 0.2) is 0 Å². The molecule has 0 heterocycles. The fourth-order valence-electron chi connectivity index (χ4n) is 0.276. The Hall–Kier alpha value is -0.540. The molecule has 0 spiro atoms. The number of hydrogen-bond donors (Lipinski definition) is 1. The summed E-state index contributed by atoms with van der Waals surface area (Å²) in [6, 6.07) is 0. The maximum Gasteiger partial charge on any atom is 0.531 e. The van der Waals surface area contributed by atoms with Crippen LogP contribution in [0.3, 0.4) is 0 Å². The van der Waals surface area contributed by atoms with Gasteiger partial charge in [0.2, 0.25) is 0 Å². The first-order chi connectivity index (χ1) is 5.27. The van der Waals surface area contributed by atoms with E-state index in [2.05, 4.69) is 15.5 Å². The number of phosphoric ester groups is 1. The van der Waals surface area contributed by atoms with Crippen molar-refractivity contribution in [2.75, 3.05) is 6.61 Å². The van der Waals surface area contributed by atoms with Gasteiger partial charge in [-0.15, -0.1) is 19.6 Å². The van der Waals surface area contributed by atoms with Crippen molar-refractivity contribution in [1.82, 2.24) is 0 Å². The first-order valence-corrected chi connectivity index (χ1v) is 3.95. The van der Waals surface area contributed by atoms with E-state index in [1.54, 1.807) is 5.92 Å². The smallest absolute Gasteiger partial charge is 0.302 e. The topological polar surface area (TPSA) is 55.8 Å². The minimum atomic E-state index is -5.22. The van der Waals surface area contributed by atoms with Gasteiger partial charge in [0.15, 0.2) is 0 Å². The van der Waals surface area contributed by atoms with Crippen molar-refractivity contribution in [1.29, 1.82) is 0 Å². The van der Waals surface area contributed by atoms with Crippen LogP contribution in [0.25, 0.3) is 0 Å². The highest BCUT2D eigenvalue weighted by Gasteiger charge is 2.40. The molecule has 0 saturated heterocycles. The Kier molecular flexibility index (Phi) is 3.74. The summed E-state index contributed by atoms with van der Waals surface area (Å²) in [5, 5.41) is 0. The minimum Gasteiger partial charge on any atom is -0.302 e. The summed E-state index contributed by atoms with van der Waals surface area (Å²) in [7, 11) is -5.10. The Morgan fingerprint density at radius 3 is 2.42 bits per heavy atom. The molecule has 1 unspecified atom stereocenters. The van der Waals surface area contributed by atoms with Crippen LogP contribution in [0.4, 0.5) is 13.2 Å². The van der Waals surface area contributed by atoms with Crippen LogP contribution in [0.5, 0.6) is 0 Å². The number of rotatable bonds is 3. The summed E-state index contributed by atoms with van der Waals surface area (Å²) in [6.07, 6.45) is -0.668. The van der Waals surface area contributed by atoms with Crippen LogP contribution >= 0.6 is 7.82 Å². The zero-order chi connectivity index (χ0) is 9.83. The molecule has 0 bridgehead atoms. The lowest BCUT2D eigenvalue weighted by Crippen LogP contribution is -2.12. The van der Waals surface area contributed by atoms with Gasteiger partial charge in [-0.3, -0.25) is 4.52 Å². The summed E-state index contributed by atoms with van der Waals surface area (Å²) in [5.41, 5.74) is 0. The van der Waals surface area contributed by atoms with E-state index in [-0.39, 0.29) is 0 Å². The second-order valence-corrected chi connectivity index (χ2v) is 2.86. The fraction of sp³-hybridized carbons (Fsp3) is 0.500. The lowest BCUT2D eigenvalue weighted by molar-refractivity contribution is -0.282. The van der Waals surface area contributed by atoms with Crippen molar-refractivity contribution in [3.05, 3.63) is 0 Å². The van der Waals surface area contributed by atoms with Gasteiger partial charge in [0.1, 0.15) is 6.61 Å². The predicted octanol–water partition coefficient (Wildman–Crippen LogP) is 1.27. The highest BCUT2D eigenvalue weighted by atomic mass is 31.2. The van der Waals surface area contributed by atoms with Crippen molar-refractivity contribution in [2.45, 2.75) is 6.36 Å². The van der Waals surface area contributed by atoms with Gasteiger partial charge < -0.3 is 4.89 Å². The number of terminal acetylenes is 1. The zero-order valence-electron chi connectivity index (χ0n) is 5.54.